The van der Waals surface area contributed by atoms with Gasteiger partial charge in [0.25, 0.3) is 0 Å². The van der Waals surface area contributed by atoms with Crippen LogP contribution >= 0.6 is 12.2 Å². The van der Waals surface area contributed by atoms with Gasteiger partial charge < -0.3 is 5.32 Å². The minimum Gasteiger partial charge on any atom is -0.379 e. The Balaban J connectivity index is 2.34. The van der Waals surface area contributed by atoms with Crippen LogP contribution in [0.2, 0.25) is 0 Å². The fraction of sp³-hybridized carbons (Fsp3) is 0.812. The highest BCUT2D eigenvalue weighted by Gasteiger charge is 2.44. The van der Waals surface area contributed by atoms with E-state index in [1.807, 2.05) is 20.8 Å². The number of nitrogens with one attached hydrogen (secondary N) is 1. The van der Waals surface area contributed by atoms with Crippen molar-refractivity contribution in [2.45, 2.75) is 53.9 Å². The molecule has 1 aliphatic rings. The van der Waals surface area contributed by atoms with Crippen LogP contribution < -0.4 is 5.32 Å². The zero-order chi connectivity index (χ0) is 16.2. The van der Waals surface area contributed by atoms with Crippen molar-refractivity contribution in [2.24, 2.45) is 17.3 Å². The minimum atomic E-state index is -0.170. The summed E-state index contributed by atoms with van der Waals surface area (Å²) < 4.78 is 0. The highest BCUT2D eigenvalue weighted by Crippen LogP contribution is 2.35. The summed E-state index contributed by atoms with van der Waals surface area (Å²) in [5.74, 6) is 0.162. The first-order valence-corrected chi connectivity index (χ1v) is 8.17. The SMILES string of the molecule is CC(C)C(=S)NCCCCN1C(=O)CC(C(C)(C)C)C1=O. The predicted molar refractivity (Wildman–Crippen MR) is 89.0 cm³/mol. The van der Waals surface area contributed by atoms with Gasteiger partial charge in [0.2, 0.25) is 11.8 Å². The molecule has 0 saturated carbocycles. The summed E-state index contributed by atoms with van der Waals surface area (Å²) in [5, 5.41) is 3.21. The molecular weight excluding hydrogens is 284 g/mol. The average Bonchev–Trinajstić information content (AvgIpc) is 2.65. The van der Waals surface area contributed by atoms with Crippen LogP contribution in [0.3, 0.4) is 0 Å². The molecule has 0 radical (unpaired) electrons. The van der Waals surface area contributed by atoms with E-state index in [0.29, 0.717) is 18.9 Å². The maximum Gasteiger partial charge on any atom is 0.233 e. The van der Waals surface area contributed by atoms with Crippen molar-refractivity contribution in [3.8, 4) is 0 Å². The first-order valence-electron chi connectivity index (χ1n) is 7.76. The Bertz CT molecular complexity index is 413. The number of nitrogens with zero attached hydrogens (tertiary/aromatic N) is 1. The van der Waals surface area contributed by atoms with Gasteiger partial charge in [-0.1, -0.05) is 46.8 Å². The van der Waals surface area contributed by atoms with Crippen LogP contribution in [0.1, 0.15) is 53.9 Å². The molecule has 4 nitrogen and oxygen atoms in total. The lowest BCUT2D eigenvalue weighted by molar-refractivity contribution is -0.140. The van der Waals surface area contributed by atoms with E-state index < -0.39 is 0 Å². The van der Waals surface area contributed by atoms with E-state index in [1.54, 1.807) is 0 Å². The number of amides is 2. The highest BCUT2D eigenvalue weighted by molar-refractivity contribution is 7.80. The second-order valence-corrected chi connectivity index (χ2v) is 7.60. The molecule has 120 valence electrons. The Hall–Kier alpha value is -0.970. The van der Waals surface area contributed by atoms with Crippen molar-refractivity contribution in [3.63, 3.8) is 0 Å². The molecule has 1 fully saturated rings. The maximum atomic E-state index is 12.3. The quantitative estimate of drug-likeness (QED) is 0.465. The maximum absolute atomic E-state index is 12.3. The number of rotatable bonds is 6. The van der Waals surface area contributed by atoms with Crippen molar-refractivity contribution in [1.82, 2.24) is 10.2 Å². The molecule has 1 aliphatic heterocycles. The van der Waals surface area contributed by atoms with Gasteiger partial charge >= 0.3 is 0 Å². The van der Waals surface area contributed by atoms with Crippen LogP contribution in [-0.4, -0.2) is 34.8 Å². The lowest BCUT2D eigenvalue weighted by Gasteiger charge is -2.24. The van der Waals surface area contributed by atoms with Gasteiger partial charge in [-0.25, -0.2) is 0 Å². The van der Waals surface area contributed by atoms with Crippen molar-refractivity contribution in [2.75, 3.05) is 13.1 Å². The zero-order valence-electron chi connectivity index (χ0n) is 13.9. The third kappa shape index (κ3) is 5.06. The third-order valence-electron chi connectivity index (χ3n) is 3.92. The van der Waals surface area contributed by atoms with Gasteiger partial charge in [0.05, 0.1) is 10.9 Å². The van der Waals surface area contributed by atoms with Crippen molar-refractivity contribution >= 4 is 29.0 Å². The molecule has 21 heavy (non-hydrogen) atoms. The number of thiocarbonyl (C=S) groups is 1. The smallest absolute Gasteiger partial charge is 0.233 e. The summed E-state index contributed by atoms with van der Waals surface area (Å²) in [6.07, 6.45) is 2.09. The van der Waals surface area contributed by atoms with Crippen molar-refractivity contribution < 1.29 is 9.59 Å². The molecule has 0 bridgehead atoms. The molecule has 0 aromatic rings. The molecule has 1 heterocycles. The molecule has 0 aromatic heterocycles. The number of likely N-dealkylation sites (tertiary alicyclic amines) is 1. The number of hydrogen-bond acceptors (Lipinski definition) is 3. The van der Waals surface area contributed by atoms with E-state index in [2.05, 4.69) is 19.2 Å². The molecule has 1 saturated heterocycles. The first-order chi connectivity index (χ1) is 9.64. The molecular formula is C16H28N2O2S. The highest BCUT2D eigenvalue weighted by atomic mass is 32.1. The van der Waals surface area contributed by atoms with Gasteiger partial charge in [-0.15, -0.1) is 0 Å². The summed E-state index contributed by atoms with van der Waals surface area (Å²) in [6.45, 7) is 11.5. The van der Waals surface area contributed by atoms with Gasteiger partial charge in [-0.3, -0.25) is 14.5 Å². The van der Waals surface area contributed by atoms with Crippen LogP contribution in [0.15, 0.2) is 0 Å². The second kappa shape index (κ2) is 7.34. The van der Waals surface area contributed by atoms with E-state index >= 15 is 0 Å². The molecule has 2 amide bonds. The van der Waals surface area contributed by atoms with E-state index in [0.717, 1.165) is 24.4 Å². The molecule has 1 rings (SSSR count). The molecule has 0 spiro atoms. The Morgan fingerprint density at radius 2 is 1.95 bits per heavy atom. The Morgan fingerprint density at radius 3 is 2.43 bits per heavy atom. The monoisotopic (exact) mass is 312 g/mol. The van der Waals surface area contributed by atoms with Crippen LogP contribution in [0.5, 0.6) is 0 Å². The van der Waals surface area contributed by atoms with Gasteiger partial charge in [-0.2, -0.15) is 0 Å². The predicted octanol–water partition coefficient (Wildman–Crippen LogP) is 2.76. The number of unbranched alkanes of at least 4 members (excludes halogenated alkanes) is 1. The summed E-state index contributed by atoms with van der Waals surface area (Å²) >= 11 is 5.20. The van der Waals surface area contributed by atoms with Crippen LogP contribution in [-0.2, 0) is 9.59 Å². The topological polar surface area (TPSA) is 49.4 Å². The Morgan fingerprint density at radius 1 is 1.33 bits per heavy atom. The largest absolute Gasteiger partial charge is 0.379 e. The molecule has 1 N–H and O–H groups in total. The number of carbonyl (C=O) groups is 2. The fourth-order valence-electron chi connectivity index (χ4n) is 2.41. The van der Waals surface area contributed by atoms with Gasteiger partial charge in [0.1, 0.15) is 0 Å². The fourth-order valence-corrected chi connectivity index (χ4v) is 2.51. The van der Waals surface area contributed by atoms with E-state index in [4.69, 9.17) is 12.2 Å². The average molecular weight is 312 g/mol. The summed E-state index contributed by atoms with van der Waals surface area (Å²) in [6, 6.07) is 0. The molecule has 0 aliphatic carbocycles. The molecule has 0 aromatic carbocycles. The minimum absolute atomic E-state index is 0.00170. The Kier molecular flexibility index (Phi) is 6.32. The lowest BCUT2D eigenvalue weighted by atomic mass is 9.80. The van der Waals surface area contributed by atoms with Crippen molar-refractivity contribution in [3.05, 3.63) is 0 Å². The normalized spacial score (nSPS) is 19.5. The lowest BCUT2D eigenvalue weighted by Crippen LogP contribution is -2.35. The van der Waals surface area contributed by atoms with E-state index in [1.165, 1.54) is 4.90 Å². The van der Waals surface area contributed by atoms with Gasteiger partial charge in [0, 0.05) is 25.4 Å². The number of hydrogen-bond donors (Lipinski definition) is 1. The summed E-state index contributed by atoms with van der Waals surface area (Å²) in [5.41, 5.74) is -0.146. The summed E-state index contributed by atoms with van der Waals surface area (Å²) in [4.78, 5) is 26.6. The van der Waals surface area contributed by atoms with Gasteiger partial charge in [-0.05, 0) is 18.3 Å². The number of carbonyl (C=O) groups excluding carboxylic acids is 2. The first kappa shape index (κ1) is 18.1. The van der Waals surface area contributed by atoms with E-state index in [-0.39, 0.29) is 23.1 Å². The van der Waals surface area contributed by atoms with Gasteiger partial charge in [0.15, 0.2) is 0 Å². The van der Waals surface area contributed by atoms with Crippen LogP contribution in [0.25, 0.3) is 0 Å². The van der Waals surface area contributed by atoms with Crippen molar-refractivity contribution in [1.29, 1.82) is 0 Å². The van der Waals surface area contributed by atoms with E-state index in [9.17, 15) is 9.59 Å². The molecule has 5 heteroatoms. The molecule has 1 atom stereocenters. The van der Waals surface area contributed by atoms with Crippen LogP contribution in [0, 0.1) is 17.3 Å². The standard InChI is InChI=1S/C16H28N2O2S/c1-11(2)14(21)17-8-6-7-9-18-13(19)10-12(15(18)20)16(3,4)5/h11-12H,6-10H2,1-5H3,(H,17,21). The number of imide groups is 1. The third-order valence-corrected chi connectivity index (χ3v) is 4.54. The zero-order valence-corrected chi connectivity index (χ0v) is 14.7. The summed E-state index contributed by atoms with van der Waals surface area (Å²) in [7, 11) is 0. The van der Waals surface area contributed by atoms with Crippen LogP contribution in [0.4, 0.5) is 0 Å². The second-order valence-electron chi connectivity index (χ2n) is 7.16. The molecule has 1 unspecified atom stereocenters. The Labute approximate surface area is 133 Å².